The lowest BCUT2D eigenvalue weighted by Gasteiger charge is -2.34. The zero-order valence-corrected chi connectivity index (χ0v) is 25.7. The topological polar surface area (TPSA) is 108 Å². The summed E-state index contributed by atoms with van der Waals surface area (Å²) < 4.78 is 64.1. The van der Waals surface area contributed by atoms with Crippen LogP contribution in [0.5, 0.6) is 0 Å². The molecule has 1 aromatic carbocycles. The van der Waals surface area contributed by atoms with E-state index in [9.17, 15) is 32.7 Å². The summed E-state index contributed by atoms with van der Waals surface area (Å²) in [5.41, 5.74) is -6.36. The van der Waals surface area contributed by atoms with Crippen LogP contribution in [0, 0.1) is 11.3 Å². The second-order valence-corrected chi connectivity index (χ2v) is 11.3. The Hall–Kier alpha value is -3.44. The minimum Gasteiger partial charge on any atom is -0.501 e. The highest BCUT2D eigenvalue weighted by molar-refractivity contribution is 6.12. The summed E-state index contributed by atoms with van der Waals surface area (Å²) in [7, 11) is 2.05. The molecule has 0 aliphatic carbocycles. The molecule has 0 spiro atoms. The number of halogens is 3. The maximum atomic E-state index is 14.4. The van der Waals surface area contributed by atoms with Gasteiger partial charge in [-0.2, -0.15) is 13.2 Å². The van der Waals surface area contributed by atoms with Gasteiger partial charge < -0.3 is 24.1 Å². The van der Waals surface area contributed by atoms with E-state index in [4.69, 9.17) is 18.9 Å². The Labute approximate surface area is 250 Å². The third kappa shape index (κ3) is 7.56. The molecule has 8 nitrogen and oxygen atoms in total. The molecule has 1 heterocycles. The summed E-state index contributed by atoms with van der Waals surface area (Å²) in [5.74, 6) is -3.56. The molecule has 43 heavy (non-hydrogen) atoms. The molecular formula is C32H41F3O8. The molecule has 1 aromatic rings. The molecule has 1 N–H and O–H groups in total. The summed E-state index contributed by atoms with van der Waals surface area (Å²) in [5, 5.41) is 10.0. The monoisotopic (exact) mass is 610 g/mol. The molecule has 1 saturated heterocycles. The third-order valence-corrected chi connectivity index (χ3v) is 7.51. The number of Topliss-reactive ketones (excluding diaryl/α,β-unsaturated/α-hetero) is 1. The largest absolute Gasteiger partial charge is 0.501 e. The molecule has 0 amide bonds. The van der Waals surface area contributed by atoms with Crippen LogP contribution >= 0.6 is 0 Å². The van der Waals surface area contributed by atoms with E-state index >= 15 is 0 Å². The van der Waals surface area contributed by atoms with Crippen molar-refractivity contribution in [2.75, 3.05) is 20.8 Å². The number of esters is 2. The van der Waals surface area contributed by atoms with Crippen LogP contribution < -0.4 is 0 Å². The normalized spacial score (nSPS) is 21.9. The smallest absolute Gasteiger partial charge is 0.432 e. The van der Waals surface area contributed by atoms with Gasteiger partial charge in [-0.1, -0.05) is 62.4 Å². The van der Waals surface area contributed by atoms with Gasteiger partial charge in [0, 0.05) is 12.7 Å². The fourth-order valence-electron chi connectivity index (χ4n) is 5.02. The van der Waals surface area contributed by atoms with E-state index in [1.54, 1.807) is 19.1 Å². The summed E-state index contributed by atoms with van der Waals surface area (Å²) in [6.07, 6.45) is -1.79. The van der Waals surface area contributed by atoms with E-state index in [2.05, 4.69) is 6.58 Å². The van der Waals surface area contributed by atoms with Crippen molar-refractivity contribution >= 4 is 17.7 Å². The number of methoxy groups -OCH3 is 2. The van der Waals surface area contributed by atoms with E-state index in [1.165, 1.54) is 39.2 Å². The van der Waals surface area contributed by atoms with Crippen molar-refractivity contribution in [1.29, 1.82) is 0 Å². The number of ether oxygens (including phenoxy) is 4. The van der Waals surface area contributed by atoms with Crippen LogP contribution in [0.25, 0.3) is 0 Å². The molecule has 0 unspecified atom stereocenters. The number of ketones is 1. The zero-order chi connectivity index (χ0) is 32.8. The molecule has 1 aliphatic rings. The number of allylic oxidation sites excluding steroid dienone is 3. The Morgan fingerprint density at radius 3 is 2.23 bits per heavy atom. The van der Waals surface area contributed by atoms with Gasteiger partial charge in [0.2, 0.25) is 5.60 Å². The molecule has 0 saturated carbocycles. The first-order chi connectivity index (χ1) is 19.9. The standard InChI is InChI=1S/C32H41F3O8/c1-9-25(36)22(4)16-20(2)15-21(3)17-24(40-7)18-30(26(37)29(5,6)27(38)43-30)19-42-28(39)31(41-8,32(33,34)35)23-13-11-10-12-14-23/h10-14,16-17,21,25,36H,2,9,15,18-19H2,1,3-8H3/b22-16+,24-17-/t21-,25-,30-,31-/m0/s1. The van der Waals surface area contributed by atoms with Crippen molar-refractivity contribution in [3.05, 3.63) is 71.5 Å². The first kappa shape index (κ1) is 35.8. The first-order valence-corrected chi connectivity index (χ1v) is 13.8. The molecule has 0 radical (unpaired) electrons. The van der Waals surface area contributed by atoms with Crippen molar-refractivity contribution in [2.45, 2.75) is 77.4 Å². The maximum absolute atomic E-state index is 14.4. The van der Waals surface area contributed by atoms with E-state index in [0.29, 0.717) is 12.8 Å². The number of carbonyl (C=O) groups is 3. The minimum atomic E-state index is -5.24. The number of hydrogen-bond donors (Lipinski definition) is 1. The number of alkyl halides is 3. The van der Waals surface area contributed by atoms with Gasteiger partial charge in [0.15, 0.2) is 5.78 Å². The summed E-state index contributed by atoms with van der Waals surface area (Å²) in [4.78, 5) is 39.5. The predicted octanol–water partition coefficient (Wildman–Crippen LogP) is 5.74. The first-order valence-electron chi connectivity index (χ1n) is 13.8. The van der Waals surface area contributed by atoms with Crippen LogP contribution in [0.1, 0.15) is 59.4 Å². The maximum Gasteiger partial charge on any atom is 0.432 e. The lowest BCUT2D eigenvalue weighted by molar-refractivity contribution is -0.277. The Balaban J connectivity index is 2.42. The third-order valence-electron chi connectivity index (χ3n) is 7.51. The fourth-order valence-corrected chi connectivity index (χ4v) is 5.02. The van der Waals surface area contributed by atoms with Crippen LogP contribution in [0.3, 0.4) is 0 Å². The average molecular weight is 611 g/mol. The Bertz CT molecular complexity index is 1250. The van der Waals surface area contributed by atoms with E-state index < -0.39 is 65.2 Å². The molecule has 0 aromatic heterocycles. The van der Waals surface area contributed by atoms with Gasteiger partial charge in [0.25, 0.3) is 5.60 Å². The number of cyclic esters (lactones) is 1. The highest BCUT2D eigenvalue weighted by Gasteiger charge is 2.66. The summed E-state index contributed by atoms with van der Waals surface area (Å²) >= 11 is 0. The number of aliphatic hydroxyl groups is 1. The van der Waals surface area contributed by atoms with Crippen LogP contribution in [0.15, 0.2) is 66.0 Å². The molecule has 238 valence electrons. The number of benzene rings is 1. The van der Waals surface area contributed by atoms with Crippen molar-refractivity contribution in [3.63, 3.8) is 0 Å². The Morgan fingerprint density at radius 2 is 1.77 bits per heavy atom. The van der Waals surface area contributed by atoms with Gasteiger partial charge in [0.1, 0.15) is 12.0 Å². The van der Waals surface area contributed by atoms with Gasteiger partial charge in [-0.15, -0.1) is 0 Å². The number of rotatable bonds is 14. The zero-order valence-electron chi connectivity index (χ0n) is 25.7. The van der Waals surface area contributed by atoms with Crippen molar-refractivity contribution in [2.24, 2.45) is 11.3 Å². The van der Waals surface area contributed by atoms with Gasteiger partial charge in [-0.3, -0.25) is 9.59 Å². The SMILES string of the molecule is C=C(/C=C(\C)[C@@H](O)CC)C[C@H](C)/C=C(/C[C@@]1(COC(=O)[C@@](OC)(c2ccccc2)C(F)(F)F)OC(=O)C(C)(C)C1=O)OC. The lowest BCUT2D eigenvalue weighted by Crippen LogP contribution is -2.53. The molecule has 2 rings (SSSR count). The second kappa shape index (κ2) is 13.9. The van der Waals surface area contributed by atoms with Crippen LogP contribution in [-0.2, 0) is 38.9 Å². The molecule has 0 bridgehead atoms. The molecule has 11 heteroatoms. The Kier molecular flexibility index (Phi) is 11.6. The van der Waals surface area contributed by atoms with Gasteiger partial charge in [-0.25, -0.2) is 4.79 Å². The summed E-state index contributed by atoms with van der Waals surface area (Å²) in [6, 6.07) is 6.23. The highest BCUT2D eigenvalue weighted by Crippen LogP contribution is 2.45. The molecule has 1 fully saturated rings. The molecular weight excluding hydrogens is 569 g/mol. The summed E-state index contributed by atoms with van der Waals surface area (Å²) in [6.45, 7) is 11.2. The fraction of sp³-hybridized carbons (Fsp3) is 0.531. The van der Waals surface area contributed by atoms with Crippen LogP contribution in [-0.4, -0.2) is 61.5 Å². The number of hydrogen-bond acceptors (Lipinski definition) is 8. The second-order valence-electron chi connectivity index (χ2n) is 11.3. The molecule has 1 aliphatic heterocycles. The van der Waals surface area contributed by atoms with Gasteiger partial charge in [-0.05, 0) is 51.2 Å². The van der Waals surface area contributed by atoms with Crippen molar-refractivity contribution in [1.82, 2.24) is 0 Å². The number of carbonyl (C=O) groups excluding carboxylic acids is 3. The predicted molar refractivity (Wildman–Crippen MR) is 152 cm³/mol. The van der Waals surface area contributed by atoms with Gasteiger partial charge in [0.05, 0.1) is 25.4 Å². The van der Waals surface area contributed by atoms with E-state index in [1.807, 2.05) is 13.8 Å². The van der Waals surface area contributed by atoms with Crippen molar-refractivity contribution < 1.29 is 51.6 Å². The quantitative estimate of drug-likeness (QED) is 0.123. The van der Waals surface area contributed by atoms with Crippen LogP contribution in [0.4, 0.5) is 13.2 Å². The highest BCUT2D eigenvalue weighted by atomic mass is 19.4. The van der Waals surface area contributed by atoms with E-state index in [0.717, 1.165) is 30.4 Å². The number of aliphatic hydroxyl groups excluding tert-OH is 1. The van der Waals surface area contributed by atoms with Gasteiger partial charge >= 0.3 is 18.1 Å². The van der Waals surface area contributed by atoms with Crippen molar-refractivity contribution in [3.8, 4) is 0 Å². The lowest BCUT2D eigenvalue weighted by atomic mass is 9.80. The average Bonchev–Trinajstić information content (AvgIpc) is 3.10. The van der Waals surface area contributed by atoms with E-state index in [-0.39, 0.29) is 11.7 Å². The molecule has 4 atom stereocenters. The minimum absolute atomic E-state index is 0.182. The van der Waals surface area contributed by atoms with Crippen LogP contribution in [0.2, 0.25) is 0 Å². The Morgan fingerprint density at radius 1 is 1.16 bits per heavy atom.